The standard InChI is InChI=1S/C16H20F2N2O3/c1-16(2,3)23-15(22)20-9-5-8-12(20)14(21)19-13-10(17)6-4-7-11(13)18/h4,6-7,12H,5,8-9H2,1-3H3,(H,19,21). The van der Waals surface area contributed by atoms with Gasteiger partial charge in [0.1, 0.15) is 29.0 Å². The third-order valence-corrected chi connectivity index (χ3v) is 3.39. The molecule has 2 rings (SSSR count). The Bertz CT molecular complexity index is 594. The SMILES string of the molecule is CC(C)(C)OC(=O)N1CCCC1C(=O)Nc1c(F)cccc1F. The van der Waals surface area contributed by atoms with Gasteiger partial charge in [-0.2, -0.15) is 0 Å². The first kappa shape index (κ1) is 17.2. The van der Waals surface area contributed by atoms with Crippen molar-refractivity contribution in [3.63, 3.8) is 0 Å². The Kier molecular flexibility index (Phi) is 4.87. The molecule has 0 radical (unpaired) electrons. The predicted molar refractivity (Wildman–Crippen MR) is 80.9 cm³/mol. The number of nitrogens with one attached hydrogen (secondary N) is 1. The topological polar surface area (TPSA) is 58.6 Å². The minimum Gasteiger partial charge on any atom is -0.444 e. The van der Waals surface area contributed by atoms with Gasteiger partial charge in [0.25, 0.3) is 0 Å². The van der Waals surface area contributed by atoms with Gasteiger partial charge in [-0.25, -0.2) is 13.6 Å². The molecule has 0 aliphatic carbocycles. The van der Waals surface area contributed by atoms with Gasteiger partial charge in [0.2, 0.25) is 5.91 Å². The quantitative estimate of drug-likeness (QED) is 0.907. The van der Waals surface area contributed by atoms with Crippen molar-refractivity contribution in [1.29, 1.82) is 0 Å². The van der Waals surface area contributed by atoms with Crippen LogP contribution in [0.2, 0.25) is 0 Å². The van der Waals surface area contributed by atoms with Crippen LogP contribution >= 0.6 is 0 Å². The number of ether oxygens (including phenoxy) is 1. The highest BCUT2D eigenvalue weighted by molar-refractivity contribution is 5.97. The molecule has 1 unspecified atom stereocenters. The van der Waals surface area contributed by atoms with E-state index in [1.54, 1.807) is 20.8 Å². The number of halogens is 2. The molecule has 0 aromatic heterocycles. The lowest BCUT2D eigenvalue weighted by Crippen LogP contribution is -2.45. The molecular formula is C16H20F2N2O3. The zero-order valence-electron chi connectivity index (χ0n) is 13.4. The van der Waals surface area contributed by atoms with Crippen LogP contribution < -0.4 is 5.32 Å². The van der Waals surface area contributed by atoms with Crippen molar-refractivity contribution in [2.24, 2.45) is 0 Å². The van der Waals surface area contributed by atoms with Gasteiger partial charge in [-0.05, 0) is 45.7 Å². The van der Waals surface area contributed by atoms with E-state index in [0.29, 0.717) is 19.4 Å². The number of hydrogen-bond donors (Lipinski definition) is 1. The predicted octanol–water partition coefficient (Wildman–Crippen LogP) is 3.30. The first-order valence-corrected chi connectivity index (χ1v) is 7.43. The molecular weight excluding hydrogens is 306 g/mol. The van der Waals surface area contributed by atoms with Gasteiger partial charge in [0, 0.05) is 6.54 Å². The smallest absolute Gasteiger partial charge is 0.410 e. The van der Waals surface area contributed by atoms with Gasteiger partial charge in [-0.3, -0.25) is 9.69 Å². The highest BCUT2D eigenvalue weighted by Gasteiger charge is 2.37. The average molecular weight is 326 g/mol. The number of para-hydroxylation sites is 1. The minimum absolute atomic E-state index is 0.368. The summed E-state index contributed by atoms with van der Waals surface area (Å²) in [4.78, 5) is 25.7. The van der Waals surface area contributed by atoms with Gasteiger partial charge in [-0.1, -0.05) is 6.07 Å². The molecule has 1 fully saturated rings. The molecule has 126 valence electrons. The summed E-state index contributed by atoms with van der Waals surface area (Å²) in [5.74, 6) is -2.35. The fraction of sp³-hybridized carbons (Fsp3) is 0.500. The fourth-order valence-corrected chi connectivity index (χ4v) is 2.40. The highest BCUT2D eigenvalue weighted by Crippen LogP contribution is 2.24. The average Bonchev–Trinajstić information content (AvgIpc) is 2.90. The van der Waals surface area contributed by atoms with E-state index in [-0.39, 0.29) is 0 Å². The summed E-state index contributed by atoms with van der Waals surface area (Å²) in [7, 11) is 0. The fourth-order valence-electron chi connectivity index (χ4n) is 2.40. The van der Waals surface area contributed by atoms with E-state index in [4.69, 9.17) is 4.74 Å². The van der Waals surface area contributed by atoms with Crippen LogP contribution in [-0.4, -0.2) is 35.1 Å². The molecule has 0 saturated carbocycles. The maximum absolute atomic E-state index is 13.6. The summed E-state index contributed by atoms with van der Waals surface area (Å²) in [5, 5.41) is 2.23. The molecule has 0 spiro atoms. The highest BCUT2D eigenvalue weighted by atomic mass is 19.1. The zero-order valence-corrected chi connectivity index (χ0v) is 13.4. The summed E-state index contributed by atoms with van der Waals surface area (Å²) < 4.78 is 32.5. The van der Waals surface area contributed by atoms with Gasteiger partial charge < -0.3 is 10.1 Å². The van der Waals surface area contributed by atoms with Crippen LogP contribution in [0, 0.1) is 11.6 Å². The van der Waals surface area contributed by atoms with Crippen molar-refractivity contribution in [3.8, 4) is 0 Å². The first-order valence-electron chi connectivity index (χ1n) is 7.43. The van der Waals surface area contributed by atoms with Crippen molar-refractivity contribution in [2.75, 3.05) is 11.9 Å². The van der Waals surface area contributed by atoms with Crippen molar-refractivity contribution < 1.29 is 23.1 Å². The third kappa shape index (κ3) is 4.18. The number of benzene rings is 1. The van der Waals surface area contributed by atoms with Crippen LogP contribution in [0.3, 0.4) is 0 Å². The Balaban J connectivity index is 2.10. The first-order chi connectivity index (χ1) is 10.7. The molecule has 1 aromatic carbocycles. The van der Waals surface area contributed by atoms with Crippen LogP contribution in [0.25, 0.3) is 0 Å². The molecule has 2 amide bonds. The maximum atomic E-state index is 13.6. The molecule has 1 aromatic rings. The third-order valence-electron chi connectivity index (χ3n) is 3.39. The van der Waals surface area contributed by atoms with E-state index in [0.717, 1.165) is 12.1 Å². The van der Waals surface area contributed by atoms with E-state index < -0.39 is 41.0 Å². The number of anilines is 1. The van der Waals surface area contributed by atoms with Gasteiger partial charge in [0.05, 0.1) is 0 Å². The van der Waals surface area contributed by atoms with E-state index in [9.17, 15) is 18.4 Å². The molecule has 5 nitrogen and oxygen atoms in total. The van der Waals surface area contributed by atoms with Crippen LogP contribution in [0.4, 0.5) is 19.3 Å². The van der Waals surface area contributed by atoms with Crippen LogP contribution in [0.15, 0.2) is 18.2 Å². The van der Waals surface area contributed by atoms with E-state index in [2.05, 4.69) is 5.32 Å². The minimum atomic E-state index is -0.861. The van der Waals surface area contributed by atoms with Crippen molar-refractivity contribution in [3.05, 3.63) is 29.8 Å². The number of carbonyl (C=O) groups is 2. The second-order valence-electron chi connectivity index (χ2n) is 6.42. The van der Waals surface area contributed by atoms with Crippen molar-refractivity contribution >= 4 is 17.7 Å². The van der Waals surface area contributed by atoms with Crippen molar-refractivity contribution in [2.45, 2.75) is 45.3 Å². The van der Waals surface area contributed by atoms with Gasteiger partial charge >= 0.3 is 6.09 Å². The molecule has 1 aliphatic heterocycles. The number of carbonyl (C=O) groups excluding carboxylic acids is 2. The molecule has 1 heterocycles. The Labute approximate surface area is 133 Å². The molecule has 1 atom stereocenters. The number of amides is 2. The molecule has 7 heteroatoms. The van der Waals surface area contributed by atoms with Crippen molar-refractivity contribution in [1.82, 2.24) is 4.90 Å². The van der Waals surface area contributed by atoms with E-state index in [1.807, 2.05) is 0 Å². The maximum Gasteiger partial charge on any atom is 0.410 e. The largest absolute Gasteiger partial charge is 0.444 e. The van der Waals surface area contributed by atoms with Crippen LogP contribution in [0.1, 0.15) is 33.6 Å². The molecule has 1 aliphatic rings. The van der Waals surface area contributed by atoms with Gasteiger partial charge in [0.15, 0.2) is 0 Å². The summed E-state index contributed by atoms with van der Waals surface area (Å²) >= 11 is 0. The molecule has 0 bridgehead atoms. The number of rotatable bonds is 2. The van der Waals surface area contributed by atoms with E-state index >= 15 is 0 Å². The lowest BCUT2D eigenvalue weighted by Gasteiger charge is -2.28. The normalized spacial score (nSPS) is 18.0. The Hall–Kier alpha value is -2.18. The second kappa shape index (κ2) is 6.52. The monoisotopic (exact) mass is 326 g/mol. The van der Waals surface area contributed by atoms with E-state index in [1.165, 1.54) is 11.0 Å². The van der Waals surface area contributed by atoms with Gasteiger partial charge in [-0.15, -0.1) is 0 Å². The molecule has 1 saturated heterocycles. The summed E-state index contributed by atoms with van der Waals surface area (Å²) in [6.07, 6.45) is 0.433. The Morgan fingerprint density at radius 3 is 2.43 bits per heavy atom. The molecule has 1 N–H and O–H groups in total. The number of likely N-dealkylation sites (tertiary alicyclic amines) is 1. The Morgan fingerprint density at radius 1 is 1.26 bits per heavy atom. The second-order valence-corrected chi connectivity index (χ2v) is 6.42. The van der Waals surface area contributed by atoms with Crippen LogP contribution in [0.5, 0.6) is 0 Å². The Morgan fingerprint density at radius 2 is 1.87 bits per heavy atom. The summed E-state index contributed by atoms with van der Waals surface area (Å²) in [6, 6.07) is 2.52. The number of hydrogen-bond acceptors (Lipinski definition) is 3. The lowest BCUT2D eigenvalue weighted by atomic mass is 10.2. The van der Waals surface area contributed by atoms with Crippen LogP contribution in [-0.2, 0) is 9.53 Å². The lowest BCUT2D eigenvalue weighted by molar-refractivity contribution is -0.120. The number of nitrogens with zero attached hydrogens (tertiary/aromatic N) is 1. The summed E-state index contributed by atoms with van der Waals surface area (Å²) in [6.45, 7) is 5.55. The summed E-state index contributed by atoms with van der Waals surface area (Å²) in [5.41, 5.74) is -1.19. The zero-order chi connectivity index (χ0) is 17.2. The molecule has 23 heavy (non-hydrogen) atoms.